The first-order valence-electron chi connectivity index (χ1n) is 11.8. The van der Waals surface area contributed by atoms with Crippen molar-refractivity contribution < 1.29 is 24.9 Å². The Kier molecular flexibility index (Phi) is 11.3. The molecule has 0 saturated heterocycles. The second-order valence-electron chi connectivity index (χ2n) is 9.09. The third-order valence-electron chi connectivity index (χ3n) is 6.16. The molecular formula is C26H40O5. The second kappa shape index (κ2) is 13.7. The summed E-state index contributed by atoms with van der Waals surface area (Å²) < 4.78 is 5.12. The minimum absolute atomic E-state index is 0.00652. The number of esters is 1. The Balaban J connectivity index is 1.70. The second-order valence-corrected chi connectivity index (χ2v) is 9.09. The molecule has 0 heterocycles. The van der Waals surface area contributed by atoms with Crippen LogP contribution in [0.2, 0.25) is 0 Å². The van der Waals surface area contributed by atoms with Crippen molar-refractivity contribution in [1.82, 2.24) is 0 Å². The van der Waals surface area contributed by atoms with Crippen LogP contribution in [-0.2, 0) is 16.0 Å². The molecule has 5 nitrogen and oxygen atoms in total. The molecule has 1 fully saturated rings. The van der Waals surface area contributed by atoms with Crippen LogP contribution in [0.25, 0.3) is 0 Å². The quantitative estimate of drug-likeness (QED) is 0.247. The topological polar surface area (TPSA) is 87.0 Å². The number of unbranched alkanes of at least 4 members (excludes halogenated alkanes) is 1. The fraction of sp³-hybridized carbons (Fsp3) is 0.654. The molecule has 3 N–H and O–H groups in total. The van der Waals surface area contributed by atoms with E-state index in [1.807, 2.05) is 38.1 Å². The number of hydrogen-bond acceptors (Lipinski definition) is 5. The van der Waals surface area contributed by atoms with Gasteiger partial charge in [0.15, 0.2) is 0 Å². The molecule has 1 aliphatic carbocycles. The number of aliphatic hydroxyl groups excluding tert-OH is 3. The summed E-state index contributed by atoms with van der Waals surface area (Å²) in [6.45, 7) is 3.69. The Bertz CT molecular complexity index is 657. The molecule has 31 heavy (non-hydrogen) atoms. The van der Waals surface area contributed by atoms with Crippen molar-refractivity contribution in [3.05, 3.63) is 48.0 Å². The third-order valence-corrected chi connectivity index (χ3v) is 6.16. The monoisotopic (exact) mass is 432 g/mol. The molecule has 0 spiro atoms. The van der Waals surface area contributed by atoms with E-state index in [9.17, 15) is 20.1 Å². The minimum atomic E-state index is -0.513. The molecule has 0 bridgehead atoms. The van der Waals surface area contributed by atoms with E-state index >= 15 is 0 Å². The average molecular weight is 433 g/mol. The van der Waals surface area contributed by atoms with Gasteiger partial charge in [0.1, 0.15) is 0 Å². The van der Waals surface area contributed by atoms with Gasteiger partial charge in [-0.2, -0.15) is 0 Å². The van der Waals surface area contributed by atoms with Gasteiger partial charge in [-0.1, -0.05) is 42.5 Å². The summed E-state index contributed by atoms with van der Waals surface area (Å²) in [5.41, 5.74) is 1.22. The summed E-state index contributed by atoms with van der Waals surface area (Å²) in [7, 11) is 0. The van der Waals surface area contributed by atoms with Gasteiger partial charge in [0.05, 0.1) is 24.4 Å². The first-order chi connectivity index (χ1) is 14.9. The van der Waals surface area contributed by atoms with Crippen molar-refractivity contribution in [3.8, 4) is 0 Å². The van der Waals surface area contributed by atoms with Crippen molar-refractivity contribution in [2.75, 3.05) is 0 Å². The van der Waals surface area contributed by atoms with E-state index < -0.39 is 18.3 Å². The predicted octanol–water partition coefficient (Wildman–Crippen LogP) is 4.19. The van der Waals surface area contributed by atoms with Crippen LogP contribution in [0.1, 0.15) is 70.8 Å². The molecule has 0 amide bonds. The highest BCUT2D eigenvalue weighted by Gasteiger charge is 2.40. The van der Waals surface area contributed by atoms with Gasteiger partial charge < -0.3 is 20.1 Å². The number of aliphatic hydroxyl groups is 3. The average Bonchev–Trinajstić information content (AvgIpc) is 3.00. The van der Waals surface area contributed by atoms with Gasteiger partial charge in [-0.25, -0.2) is 0 Å². The van der Waals surface area contributed by atoms with Gasteiger partial charge >= 0.3 is 5.97 Å². The van der Waals surface area contributed by atoms with Gasteiger partial charge in [0.2, 0.25) is 0 Å². The summed E-state index contributed by atoms with van der Waals surface area (Å²) in [5.74, 6) is -0.144. The molecule has 174 valence electrons. The standard InChI is InChI=1S/C26H40O5/c1-19(2)31-26(30)13-9-4-3-8-12-22-23(25(29)18-24(22)28)17-16-21(27)15-14-20-10-6-5-7-11-20/h3,5-8,10-11,19,21-25,27-29H,4,9,12-18H2,1-2H3/b8-3-/t21-,22+,23?,24-,25+/m0/s1. The molecule has 0 aromatic heterocycles. The number of hydrogen-bond donors (Lipinski definition) is 3. The molecule has 1 aromatic rings. The first kappa shape index (κ1) is 25.6. The SMILES string of the molecule is CC(C)OC(=O)CCC/C=C\C[C@@H]1C(CC[C@@H](O)CCc2ccccc2)[C@H](O)C[C@@H]1O. The summed E-state index contributed by atoms with van der Waals surface area (Å²) in [6.07, 6.45) is 8.58. The van der Waals surface area contributed by atoms with Crippen molar-refractivity contribution in [3.63, 3.8) is 0 Å². The van der Waals surface area contributed by atoms with Crippen molar-refractivity contribution in [2.45, 2.75) is 96.1 Å². The molecule has 1 unspecified atom stereocenters. The predicted molar refractivity (Wildman–Crippen MR) is 122 cm³/mol. The zero-order chi connectivity index (χ0) is 22.6. The molecule has 1 aliphatic rings. The van der Waals surface area contributed by atoms with Crippen LogP contribution in [0.5, 0.6) is 0 Å². The highest BCUT2D eigenvalue weighted by atomic mass is 16.5. The van der Waals surface area contributed by atoms with Gasteiger partial charge in [-0.05, 0) is 82.6 Å². The number of ether oxygens (including phenoxy) is 1. The maximum Gasteiger partial charge on any atom is 0.306 e. The molecule has 0 radical (unpaired) electrons. The molecule has 1 saturated carbocycles. The van der Waals surface area contributed by atoms with Crippen molar-refractivity contribution in [2.24, 2.45) is 11.8 Å². The number of carbonyl (C=O) groups is 1. The maximum atomic E-state index is 11.5. The smallest absolute Gasteiger partial charge is 0.306 e. The Morgan fingerprint density at radius 2 is 1.81 bits per heavy atom. The number of aryl methyl sites for hydroxylation is 1. The summed E-state index contributed by atoms with van der Waals surface area (Å²) >= 11 is 0. The summed E-state index contributed by atoms with van der Waals surface area (Å²) in [4.78, 5) is 11.5. The molecule has 0 aliphatic heterocycles. The molecule has 5 heteroatoms. The highest BCUT2D eigenvalue weighted by molar-refractivity contribution is 5.69. The van der Waals surface area contributed by atoms with Crippen LogP contribution in [-0.4, -0.2) is 45.7 Å². The lowest BCUT2D eigenvalue weighted by Gasteiger charge is -2.23. The van der Waals surface area contributed by atoms with Gasteiger partial charge in [-0.15, -0.1) is 0 Å². The lowest BCUT2D eigenvalue weighted by molar-refractivity contribution is -0.147. The van der Waals surface area contributed by atoms with Crippen LogP contribution in [0.4, 0.5) is 0 Å². The normalized spacial score (nSPS) is 24.7. The molecule has 5 atom stereocenters. The van der Waals surface area contributed by atoms with Gasteiger partial charge in [-0.3, -0.25) is 4.79 Å². The van der Waals surface area contributed by atoms with Gasteiger partial charge in [0, 0.05) is 6.42 Å². The largest absolute Gasteiger partial charge is 0.463 e. The minimum Gasteiger partial charge on any atom is -0.463 e. The van der Waals surface area contributed by atoms with E-state index in [0.29, 0.717) is 38.5 Å². The van der Waals surface area contributed by atoms with Crippen molar-refractivity contribution >= 4 is 5.97 Å². The first-order valence-corrected chi connectivity index (χ1v) is 11.8. The van der Waals surface area contributed by atoms with Crippen molar-refractivity contribution in [1.29, 1.82) is 0 Å². The number of allylic oxidation sites excluding steroid dienone is 2. The van der Waals surface area contributed by atoms with Gasteiger partial charge in [0.25, 0.3) is 0 Å². The van der Waals surface area contributed by atoms with E-state index in [4.69, 9.17) is 4.74 Å². The number of carbonyl (C=O) groups excluding carboxylic acids is 1. The third kappa shape index (κ3) is 9.55. The van der Waals surface area contributed by atoms with E-state index in [1.165, 1.54) is 5.56 Å². The van der Waals surface area contributed by atoms with E-state index in [2.05, 4.69) is 18.2 Å². The Morgan fingerprint density at radius 1 is 1.10 bits per heavy atom. The Hall–Kier alpha value is -1.69. The summed E-state index contributed by atoms with van der Waals surface area (Å²) in [6, 6.07) is 10.1. The van der Waals surface area contributed by atoms with Crippen LogP contribution >= 0.6 is 0 Å². The number of rotatable bonds is 13. The zero-order valence-corrected chi connectivity index (χ0v) is 19.0. The molecule has 1 aromatic carbocycles. The zero-order valence-electron chi connectivity index (χ0n) is 19.0. The van der Waals surface area contributed by atoms with Crippen LogP contribution in [0.15, 0.2) is 42.5 Å². The fourth-order valence-electron chi connectivity index (χ4n) is 4.47. The lowest BCUT2D eigenvalue weighted by Crippen LogP contribution is -2.23. The molecular weight excluding hydrogens is 392 g/mol. The van der Waals surface area contributed by atoms with Crippen LogP contribution < -0.4 is 0 Å². The van der Waals surface area contributed by atoms with E-state index in [1.54, 1.807) is 0 Å². The molecule has 2 rings (SSSR count). The highest BCUT2D eigenvalue weighted by Crippen LogP contribution is 2.38. The Morgan fingerprint density at radius 3 is 2.52 bits per heavy atom. The summed E-state index contributed by atoms with van der Waals surface area (Å²) in [5, 5.41) is 31.2. The van der Waals surface area contributed by atoms with E-state index in [-0.39, 0.29) is 23.9 Å². The van der Waals surface area contributed by atoms with E-state index in [0.717, 1.165) is 19.3 Å². The lowest BCUT2D eigenvalue weighted by atomic mass is 9.85. The van der Waals surface area contributed by atoms with Crippen LogP contribution in [0.3, 0.4) is 0 Å². The number of benzene rings is 1. The fourth-order valence-corrected chi connectivity index (χ4v) is 4.47. The van der Waals surface area contributed by atoms with Crippen LogP contribution in [0, 0.1) is 11.8 Å². The maximum absolute atomic E-state index is 11.5. The Labute approximate surface area is 187 Å².